The molecule has 0 radical (unpaired) electrons. The van der Waals surface area contributed by atoms with Crippen LogP contribution in [0.1, 0.15) is 47.0 Å². The molecule has 12 N–H and O–H groups in total. The van der Waals surface area contributed by atoms with Crippen molar-refractivity contribution in [2.75, 3.05) is 6.61 Å². The van der Waals surface area contributed by atoms with Crippen molar-refractivity contribution in [3.05, 3.63) is 76.3 Å². The number of benzene rings is 4. The lowest BCUT2D eigenvalue weighted by molar-refractivity contribution is -0.283. The Morgan fingerprint density at radius 3 is 1.21 bits per heavy atom. The largest absolute Gasteiger partial charge is 0.508 e. The van der Waals surface area contributed by atoms with Crippen molar-refractivity contribution < 1.29 is 104 Å². The Bertz CT molecular complexity index is 2070. The van der Waals surface area contributed by atoms with Gasteiger partial charge in [0.25, 0.3) is 0 Å². The van der Waals surface area contributed by atoms with Crippen molar-refractivity contribution in [1.29, 1.82) is 0 Å². The van der Waals surface area contributed by atoms with E-state index in [1.54, 1.807) is 0 Å². The second kappa shape index (κ2) is 15.5. The second-order valence-corrected chi connectivity index (χ2v) is 12.0. The summed E-state index contributed by atoms with van der Waals surface area (Å²) < 4.78 is 27.0. The van der Waals surface area contributed by atoms with Crippen LogP contribution >= 0.6 is 0 Å². The number of carbonyl (C=O) groups excluding carboxylic acids is 4. The molecule has 21 heteroatoms. The van der Waals surface area contributed by atoms with Gasteiger partial charge in [-0.15, -0.1) is 0 Å². The van der Waals surface area contributed by atoms with Gasteiger partial charge in [-0.1, -0.05) is 0 Å². The third-order valence-electron chi connectivity index (χ3n) is 8.21. The molecule has 5 atom stereocenters. The average Bonchev–Trinajstić information content (AvgIpc) is 3.14. The SMILES string of the molecule is Cc1c(O)cc(C(=O)O[C@@H]2OC(COC(=O)c3cc(O)c(O)c(O)c3)[C@@H](OC(=O)c3cc(O)c(O)c(O)c3)[C@H](OC(=O)c3cc(O)c(O)c(O)c3)C2O)cc1O. The fraction of sp³-hybridized carbons (Fsp3) is 0.200. The van der Waals surface area contributed by atoms with Gasteiger partial charge in [0.2, 0.25) is 6.29 Å². The molecule has 0 saturated carbocycles. The first-order valence-electron chi connectivity index (χ1n) is 15.7. The van der Waals surface area contributed by atoms with E-state index in [-0.39, 0.29) is 5.56 Å². The Kier molecular flexibility index (Phi) is 10.9. The minimum atomic E-state index is -2.37. The molecular weight excluding hydrogens is 756 g/mol. The summed E-state index contributed by atoms with van der Waals surface area (Å²) in [5, 5.41) is 120. The van der Waals surface area contributed by atoms with E-state index in [9.17, 15) is 80.5 Å². The van der Waals surface area contributed by atoms with Crippen molar-refractivity contribution >= 4 is 23.9 Å². The van der Waals surface area contributed by atoms with Crippen molar-refractivity contribution in [1.82, 2.24) is 0 Å². The van der Waals surface area contributed by atoms with Gasteiger partial charge in [0, 0.05) is 5.56 Å². The Hall–Kier alpha value is -7.52. The molecule has 296 valence electrons. The van der Waals surface area contributed by atoms with Gasteiger partial charge in [-0.25, -0.2) is 19.2 Å². The standard InChI is InChI=1S/C35H30O21/c1-11-16(36)2-13(3-17(11)37)34(51)56-35-28(47)30(55-33(50)15-8-22(42)27(46)23(43)9-15)29(54-32(49)14-6-20(40)26(45)21(41)7-14)24(53-35)10-52-31(48)12-4-18(38)25(44)19(39)5-12/h2-9,24,28-30,35-47H,10H2,1H3/t24?,28?,29-,30-,35+/m1/s1. The fourth-order valence-electron chi connectivity index (χ4n) is 5.17. The van der Waals surface area contributed by atoms with Gasteiger partial charge in [-0.05, 0) is 55.5 Å². The smallest absolute Gasteiger partial charge is 0.340 e. The molecule has 0 aliphatic carbocycles. The Balaban J connectivity index is 1.56. The predicted octanol–water partition coefficient (Wildman–Crippen LogP) is 1.31. The van der Waals surface area contributed by atoms with E-state index in [0.717, 1.165) is 12.1 Å². The number of aliphatic hydroxyl groups is 1. The monoisotopic (exact) mass is 786 g/mol. The minimum absolute atomic E-state index is 0.0224. The van der Waals surface area contributed by atoms with Crippen LogP contribution in [0, 0.1) is 6.92 Å². The van der Waals surface area contributed by atoms with Crippen LogP contribution in [0.5, 0.6) is 63.2 Å². The van der Waals surface area contributed by atoms with Crippen molar-refractivity contribution in [2.45, 2.75) is 37.6 Å². The third kappa shape index (κ3) is 8.02. The number of carbonyl (C=O) groups is 4. The van der Waals surface area contributed by atoms with E-state index in [4.69, 9.17) is 23.7 Å². The molecule has 2 unspecified atom stereocenters. The molecule has 0 amide bonds. The summed E-state index contributed by atoms with van der Waals surface area (Å²) in [4.78, 5) is 53.0. The van der Waals surface area contributed by atoms with Crippen LogP contribution in [0.3, 0.4) is 0 Å². The molecule has 4 aromatic rings. The van der Waals surface area contributed by atoms with E-state index >= 15 is 0 Å². The van der Waals surface area contributed by atoms with Gasteiger partial charge in [0.1, 0.15) is 24.2 Å². The topological polar surface area (TPSA) is 357 Å². The molecule has 5 rings (SSSR count). The van der Waals surface area contributed by atoms with Crippen LogP contribution in [-0.2, 0) is 23.7 Å². The number of ether oxygens (including phenoxy) is 5. The maximum atomic E-state index is 13.4. The molecule has 1 heterocycles. The van der Waals surface area contributed by atoms with Gasteiger partial charge in [-0.3, -0.25) is 0 Å². The molecule has 0 spiro atoms. The zero-order chi connectivity index (χ0) is 41.3. The van der Waals surface area contributed by atoms with Gasteiger partial charge in [0.05, 0.1) is 22.3 Å². The van der Waals surface area contributed by atoms with Crippen LogP contribution in [-0.4, -0.2) is 122 Å². The summed E-state index contributed by atoms with van der Waals surface area (Å²) in [7, 11) is 0. The van der Waals surface area contributed by atoms with E-state index in [1.165, 1.54) is 6.92 Å². The molecule has 21 nitrogen and oxygen atoms in total. The first kappa shape index (κ1) is 39.7. The Morgan fingerprint density at radius 2 is 0.821 bits per heavy atom. The number of rotatable bonds is 9. The van der Waals surface area contributed by atoms with Crippen molar-refractivity contribution in [2.24, 2.45) is 0 Å². The van der Waals surface area contributed by atoms with Gasteiger partial charge in [0.15, 0.2) is 70.1 Å². The molecule has 1 aliphatic heterocycles. The van der Waals surface area contributed by atoms with Crippen LogP contribution < -0.4 is 0 Å². The maximum absolute atomic E-state index is 13.4. The highest BCUT2D eigenvalue weighted by molar-refractivity contribution is 5.93. The first-order chi connectivity index (χ1) is 26.3. The number of aliphatic hydroxyl groups excluding tert-OH is 1. The number of phenols is 11. The fourth-order valence-corrected chi connectivity index (χ4v) is 5.17. The van der Waals surface area contributed by atoms with Crippen LogP contribution in [0.2, 0.25) is 0 Å². The van der Waals surface area contributed by atoms with Crippen molar-refractivity contribution in [3.63, 3.8) is 0 Å². The van der Waals surface area contributed by atoms with E-state index < -0.39 is 147 Å². The van der Waals surface area contributed by atoms with Crippen LogP contribution in [0.4, 0.5) is 0 Å². The maximum Gasteiger partial charge on any atom is 0.340 e. The number of phenolic OH excluding ortho intramolecular Hbond substituents is 11. The molecule has 1 saturated heterocycles. The zero-order valence-corrected chi connectivity index (χ0v) is 28.3. The number of hydrogen-bond acceptors (Lipinski definition) is 21. The lowest BCUT2D eigenvalue weighted by atomic mass is 9.98. The second-order valence-electron chi connectivity index (χ2n) is 12.0. The van der Waals surface area contributed by atoms with Gasteiger partial charge < -0.3 is 85.0 Å². The lowest BCUT2D eigenvalue weighted by Gasteiger charge is -2.42. The molecular formula is C35H30O21. The summed E-state index contributed by atoms with van der Waals surface area (Å²) in [5.74, 6) is -15.8. The molecule has 1 aliphatic rings. The molecule has 0 bridgehead atoms. The van der Waals surface area contributed by atoms with Gasteiger partial charge >= 0.3 is 23.9 Å². The molecule has 0 aromatic heterocycles. The average molecular weight is 787 g/mol. The van der Waals surface area contributed by atoms with E-state index in [0.29, 0.717) is 36.4 Å². The highest BCUT2D eigenvalue weighted by Crippen LogP contribution is 2.39. The summed E-state index contributed by atoms with van der Waals surface area (Å²) in [5.41, 5.74) is -2.42. The minimum Gasteiger partial charge on any atom is -0.508 e. The Labute approximate surface area is 311 Å². The van der Waals surface area contributed by atoms with Crippen molar-refractivity contribution in [3.8, 4) is 63.2 Å². The predicted molar refractivity (Wildman–Crippen MR) is 178 cm³/mol. The van der Waals surface area contributed by atoms with Gasteiger partial charge in [-0.2, -0.15) is 0 Å². The highest BCUT2D eigenvalue weighted by atomic mass is 16.7. The highest BCUT2D eigenvalue weighted by Gasteiger charge is 2.52. The first-order valence-corrected chi connectivity index (χ1v) is 15.7. The third-order valence-corrected chi connectivity index (χ3v) is 8.21. The normalized spacial score (nSPS) is 19.1. The van der Waals surface area contributed by atoms with Crippen LogP contribution in [0.25, 0.3) is 0 Å². The number of esters is 4. The molecule has 56 heavy (non-hydrogen) atoms. The summed E-state index contributed by atoms with van der Waals surface area (Å²) in [6.45, 7) is 0.238. The van der Waals surface area contributed by atoms with E-state index in [1.807, 2.05) is 0 Å². The Morgan fingerprint density at radius 1 is 0.500 bits per heavy atom. The zero-order valence-electron chi connectivity index (χ0n) is 28.3. The molecule has 4 aromatic carbocycles. The lowest BCUT2D eigenvalue weighted by Crippen LogP contribution is -2.62. The number of aromatic hydroxyl groups is 11. The summed E-state index contributed by atoms with van der Waals surface area (Å²) in [6, 6.07) is 5.66. The summed E-state index contributed by atoms with van der Waals surface area (Å²) >= 11 is 0. The quantitative estimate of drug-likeness (QED) is 0.0646. The summed E-state index contributed by atoms with van der Waals surface area (Å²) in [6.07, 6.45) is -11.0. The van der Waals surface area contributed by atoms with Crippen LogP contribution in [0.15, 0.2) is 48.5 Å². The van der Waals surface area contributed by atoms with E-state index in [2.05, 4.69) is 0 Å². The number of hydrogen-bond donors (Lipinski definition) is 12. The molecule has 1 fully saturated rings.